The fourth-order valence-corrected chi connectivity index (χ4v) is 2.74. The van der Waals surface area contributed by atoms with E-state index >= 15 is 0 Å². The fraction of sp³-hybridized carbons (Fsp3) is 0.200. The Morgan fingerprint density at radius 1 is 1.14 bits per heavy atom. The van der Waals surface area contributed by atoms with Gasteiger partial charge in [0.25, 0.3) is 0 Å². The van der Waals surface area contributed by atoms with E-state index in [2.05, 4.69) is 21.2 Å². The van der Waals surface area contributed by atoms with Gasteiger partial charge in [0.2, 0.25) is 0 Å². The topological polar surface area (TPSA) is 12.0 Å². The van der Waals surface area contributed by atoms with Crippen LogP contribution >= 0.6 is 27.5 Å². The van der Waals surface area contributed by atoms with Crippen molar-refractivity contribution in [3.8, 4) is 0 Å². The molecule has 2 rings (SSSR count). The summed E-state index contributed by atoms with van der Waals surface area (Å²) in [7, 11) is 0. The number of halogens is 5. The Hall–Kier alpha value is -1.04. The summed E-state index contributed by atoms with van der Waals surface area (Å²) in [5.74, 6) is -2.85. The Morgan fingerprint density at radius 3 is 2.33 bits per heavy atom. The molecular formula is C15H12BrClF3N. The molecule has 6 heteroatoms. The van der Waals surface area contributed by atoms with Gasteiger partial charge < -0.3 is 5.32 Å². The number of rotatable bonds is 4. The second-order valence-electron chi connectivity index (χ2n) is 4.44. The van der Waals surface area contributed by atoms with E-state index in [0.29, 0.717) is 29.3 Å². The van der Waals surface area contributed by atoms with Gasteiger partial charge in [-0.25, -0.2) is 13.2 Å². The van der Waals surface area contributed by atoms with Crippen molar-refractivity contribution in [3.05, 3.63) is 68.4 Å². The van der Waals surface area contributed by atoms with Crippen molar-refractivity contribution in [1.29, 1.82) is 0 Å². The molecule has 1 N–H and O–H groups in total. The van der Waals surface area contributed by atoms with Gasteiger partial charge in [-0.1, -0.05) is 34.5 Å². The van der Waals surface area contributed by atoms with Crippen LogP contribution in [0.3, 0.4) is 0 Å². The lowest BCUT2D eigenvalue weighted by Gasteiger charge is -2.21. The third-order valence-electron chi connectivity index (χ3n) is 3.01. The quantitative estimate of drug-likeness (QED) is 0.769. The largest absolute Gasteiger partial charge is 0.306 e. The molecule has 0 radical (unpaired) electrons. The highest BCUT2D eigenvalue weighted by Gasteiger charge is 2.24. The SMILES string of the molecule is CCNC(c1cc(Br)ccc1Cl)c1c(F)cc(F)cc1F. The van der Waals surface area contributed by atoms with E-state index in [0.717, 1.165) is 4.47 Å². The summed E-state index contributed by atoms with van der Waals surface area (Å²) in [6, 6.07) is 5.55. The second-order valence-corrected chi connectivity index (χ2v) is 5.76. The molecule has 0 heterocycles. The van der Waals surface area contributed by atoms with Crippen LogP contribution in [0.2, 0.25) is 5.02 Å². The summed E-state index contributed by atoms with van der Waals surface area (Å²) in [6.07, 6.45) is 0. The van der Waals surface area contributed by atoms with Crippen LogP contribution in [-0.2, 0) is 0 Å². The van der Waals surface area contributed by atoms with Crippen LogP contribution in [0.25, 0.3) is 0 Å². The summed E-state index contributed by atoms with van der Waals surface area (Å²) in [4.78, 5) is 0. The van der Waals surface area contributed by atoms with E-state index in [1.807, 2.05) is 0 Å². The minimum Gasteiger partial charge on any atom is -0.306 e. The zero-order valence-corrected chi connectivity index (χ0v) is 13.4. The number of nitrogens with one attached hydrogen (secondary N) is 1. The Labute approximate surface area is 134 Å². The standard InChI is InChI=1S/C15H12BrClF3N/c1-2-21-15(10-5-8(16)3-4-11(10)17)14-12(19)6-9(18)7-13(14)20/h3-7,15,21H,2H2,1H3. The Bertz CT molecular complexity index is 640. The highest BCUT2D eigenvalue weighted by Crippen LogP contribution is 2.33. The number of hydrogen-bond acceptors (Lipinski definition) is 1. The first-order valence-electron chi connectivity index (χ1n) is 6.26. The van der Waals surface area contributed by atoms with Gasteiger partial charge in [-0.05, 0) is 30.3 Å². The average molecular weight is 379 g/mol. The molecule has 21 heavy (non-hydrogen) atoms. The van der Waals surface area contributed by atoms with Crippen molar-refractivity contribution in [2.75, 3.05) is 6.54 Å². The lowest BCUT2D eigenvalue weighted by atomic mass is 9.97. The monoisotopic (exact) mass is 377 g/mol. The van der Waals surface area contributed by atoms with E-state index in [1.165, 1.54) is 0 Å². The first kappa shape index (κ1) is 16.3. The molecule has 0 saturated carbocycles. The summed E-state index contributed by atoms with van der Waals surface area (Å²) in [5, 5.41) is 3.34. The molecule has 0 amide bonds. The van der Waals surface area contributed by atoms with Crippen LogP contribution in [0, 0.1) is 17.5 Å². The lowest BCUT2D eigenvalue weighted by Crippen LogP contribution is -2.24. The molecule has 1 unspecified atom stereocenters. The van der Waals surface area contributed by atoms with Gasteiger partial charge in [-0.15, -0.1) is 0 Å². The number of benzene rings is 2. The predicted molar refractivity (Wildman–Crippen MR) is 81.0 cm³/mol. The van der Waals surface area contributed by atoms with E-state index < -0.39 is 23.5 Å². The predicted octanol–water partition coefficient (Wildman–Crippen LogP) is 5.22. The van der Waals surface area contributed by atoms with Crippen molar-refractivity contribution in [2.45, 2.75) is 13.0 Å². The highest BCUT2D eigenvalue weighted by atomic mass is 79.9. The molecule has 0 spiro atoms. The molecule has 0 aromatic heterocycles. The zero-order valence-electron chi connectivity index (χ0n) is 11.1. The van der Waals surface area contributed by atoms with Crippen LogP contribution in [0.1, 0.15) is 24.1 Å². The smallest absolute Gasteiger partial charge is 0.134 e. The van der Waals surface area contributed by atoms with Crippen molar-refractivity contribution in [2.24, 2.45) is 0 Å². The maximum Gasteiger partial charge on any atom is 0.134 e. The third-order valence-corrected chi connectivity index (χ3v) is 3.85. The molecule has 0 bridgehead atoms. The molecule has 2 aromatic carbocycles. The van der Waals surface area contributed by atoms with Crippen LogP contribution in [0.15, 0.2) is 34.8 Å². The minimum atomic E-state index is -0.954. The molecule has 2 aromatic rings. The highest BCUT2D eigenvalue weighted by molar-refractivity contribution is 9.10. The van der Waals surface area contributed by atoms with Gasteiger partial charge >= 0.3 is 0 Å². The van der Waals surface area contributed by atoms with Crippen molar-refractivity contribution < 1.29 is 13.2 Å². The zero-order chi connectivity index (χ0) is 15.6. The van der Waals surface area contributed by atoms with E-state index in [9.17, 15) is 13.2 Å². The first-order valence-corrected chi connectivity index (χ1v) is 7.44. The van der Waals surface area contributed by atoms with Gasteiger partial charge in [0.1, 0.15) is 17.5 Å². The van der Waals surface area contributed by atoms with Gasteiger partial charge in [0.05, 0.1) is 6.04 Å². The molecule has 0 fully saturated rings. The van der Waals surface area contributed by atoms with E-state index in [1.54, 1.807) is 25.1 Å². The summed E-state index contributed by atoms with van der Waals surface area (Å²) in [5.41, 5.74) is 0.260. The average Bonchev–Trinajstić information content (AvgIpc) is 2.39. The molecule has 0 saturated heterocycles. The molecule has 112 valence electrons. The van der Waals surface area contributed by atoms with Crippen LogP contribution in [0.5, 0.6) is 0 Å². The molecule has 0 aliphatic carbocycles. The maximum absolute atomic E-state index is 14.0. The second kappa shape index (κ2) is 6.81. The first-order chi connectivity index (χ1) is 9.93. The van der Waals surface area contributed by atoms with E-state index in [4.69, 9.17) is 11.6 Å². The van der Waals surface area contributed by atoms with Gasteiger partial charge in [0, 0.05) is 27.2 Å². The third kappa shape index (κ3) is 3.59. The molecule has 0 aliphatic rings. The van der Waals surface area contributed by atoms with Crippen LogP contribution in [-0.4, -0.2) is 6.54 Å². The maximum atomic E-state index is 14.0. The molecule has 0 aliphatic heterocycles. The van der Waals surface area contributed by atoms with Crippen molar-refractivity contribution >= 4 is 27.5 Å². The fourth-order valence-electron chi connectivity index (χ4n) is 2.14. The normalized spacial score (nSPS) is 12.5. The summed E-state index contributed by atoms with van der Waals surface area (Å²) >= 11 is 9.44. The summed E-state index contributed by atoms with van der Waals surface area (Å²) in [6.45, 7) is 2.27. The van der Waals surface area contributed by atoms with Crippen molar-refractivity contribution in [3.63, 3.8) is 0 Å². The number of hydrogen-bond donors (Lipinski definition) is 1. The van der Waals surface area contributed by atoms with Crippen molar-refractivity contribution in [1.82, 2.24) is 5.32 Å². The minimum absolute atomic E-state index is 0.252. The Kier molecular flexibility index (Phi) is 5.30. The summed E-state index contributed by atoms with van der Waals surface area (Å²) < 4.78 is 41.9. The molecule has 1 nitrogen and oxygen atoms in total. The lowest BCUT2D eigenvalue weighted by molar-refractivity contribution is 0.492. The molecular weight excluding hydrogens is 367 g/mol. The Balaban J connectivity index is 2.61. The van der Waals surface area contributed by atoms with Crippen LogP contribution < -0.4 is 5.32 Å². The Morgan fingerprint density at radius 2 is 1.76 bits per heavy atom. The van der Waals surface area contributed by atoms with Gasteiger partial charge in [0.15, 0.2) is 0 Å². The molecule has 1 atom stereocenters. The van der Waals surface area contributed by atoms with Gasteiger partial charge in [-0.2, -0.15) is 0 Å². The van der Waals surface area contributed by atoms with E-state index in [-0.39, 0.29) is 5.56 Å². The van der Waals surface area contributed by atoms with Crippen LogP contribution in [0.4, 0.5) is 13.2 Å². The van der Waals surface area contributed by atoms with Gasteiger partial charge in [-0.3, -0.25) is 0 Å².